The maximum absolute atomic E-state index is 9.99. The molecule has 0 amide bonds. The summed E-state index contributed by atoms with van der Waals surface area (Å²) in [6.45, 7) is 0. The lowest BCUT2D eigenvalue weighted by Crippen LogP contribution is -2.09. The molecule has 96 valence electrons. The summed E-state index contributed by atoms with van der Waals surface area (Å²) in [4.78, 5) is 0. The predicted molar refractivity (Wildman–Crippen MR) is 72.9 cm³/mol. The molecule has 1 nitrogen and oxygen atoms in total. The average Bonchev–Trinajstić information content (AvgIpc) is 2.88. The normalized spacial score (nSPS) is 22.8. The van der Waals surface area contributed by atoms with Crippen LogP contribution < -0.4 is 0 Å². The quantitative estimate of drug-likeness (QED) is 0.723. The van der Waals surface area contributed by atoms with Crippen molar-refractivity contribution in [2.45, 2.75) is 70.3 Å². The zero-order valence-corrected chi connectivity index (χ0v) is 10.9. The molecule has 0 aromatic carbocycles. The monoisotopic (exact) mass is 234 g/mol. The molecule has 0 heterocycles. The summed E-state index contributed by atoms with van der Waals surface area (Å²) in [5.41, 5.74) is 1.43. The van der Waals surface area contributed by atoms with Crippen molar-refractivity contribution in [3.05, 3.63) is 23.8 Å². The highest BCUT2D eigenvalue weighted by atomic mass is 16.3. The van der Waals surface area contributed by atoms with Gasteiger partial charge in [-0.3, -0.25) is 0 Å². The lowest BCUT2D eigenvalue weighted by Gasteiger charge is -2.14. The Labute approximate surface area is 106 Å². The van der Waals surface area contributed by atoms with E-state index in [2.05, 4.69) is 18.2 Å². The standard InChI is InChI=1S/C16H26O/c17-16(13-11-15-8-4-5-9-15)12-10-14-6-2-1-3-7-14/h2,6-7,15-17H,1,3-5,8-13H2/t16-/m0/s1. The molecular formula is C16H26O. The van der Waals surface area contributed by atoms with Gasteiger partial charge in [-0.2, -0.15) is 0 Å². The zero-order valence-electron chi connectivity index (χ0n) is 10.9. The topological polar surface area (TPSA) is 20.2 Å². The number of allylic oxidation sites excluding steroid dienone is 4. The second-order valence-electron chi connectivity index (χ2n) is 5.68. The van der Waals surface area contributed by atoms with E-state index in [-0.39, 0.29) is 6.10 Å². The van der Waals surface area contributed by atoms with Crippen LogP contribution in [0, 0.1) is 5.92 Å². The van der Waals surface area contributed by atoms with Gasteiger partial charge in [0.1, 0.15) is 0 Å². The van der Waals surface area contributed by atoms with Gasteiger partial charge < -0.3 is 5.11 Å². The van der Waals surface area contributed by atoms with Crippen LogP contribution in [0.3, 0.4) is 0 Å². The van der Waals surface area contributed by atoms with Gasteiger partial charge >= 0.3 is 0 Å². The van der Waals surface area contributed by atoms with E-state index in [4.69, 9.17) is 0 Å². The van der Waals surface area contributed by atoms with E-state index in [0.717, 1.165) is 25.2 Å². The van der Waals surface area contributed by atoms with Crippen molar-refractivity contribution >= 4 is 0 Å². The van der Waals surface area contributed by atoms with Crippen molar-refractivity contribution in [1.29, 1.82) is 0 Å². The Hall–Kier alpha value is -0.560. The second-order valence-corrected chi connectivity index (χ2v) is 5.68. The molecule has 0 radical (unpaired) electrons. The lowest BCUT2D eigenvalue weighted by atomic mass is 9.95. The van der Waals surface area contributed by atoms with Gasteiger partial charge in [-0.15, -0.1) is 0 Å². The Morgan fingerprint density at radius 1 is 1.18 bits per heavy atom. The minimum absolute atomic E-state index is 0.0770. The minimum Gasteiger partial charge on any atom is -0.393 e. The third-order valence-corrected chi connectivity index (χ3v) is 4.22. The van der Waals surface area contributed by atoms with Gasteiger partial charge in [0.25, 0.3) is 0 Å². The van der Waals surface area contributed by atoms with Crippen LogP contribution in [0.25, 0.3) is 0 Å². The molecule has 17 heavy (non-hydrogen) atoms. The van der Waals surface area contributed by atoms with Crippen LogP contribution in [-0.4, -0.2) is 11.2 Å². The molecule has 1 atom stereocenters. The van der Waals surface area contributed by atoms with Gasteiger partial charge in [0, 0.05) is 0 Å². The molecule has 0 unspecified atom stereocenters. The fraction of sp³-hybridized carbons (Fsp3) is 0.750. The lowest BCUT2D eigenvalue weighted by molar-refractivity contribution is 0.145. The highest BCUT2D eigenvalue weighted by molar-refractivity contribution is 5.21. The summed E-state index contributed by atoms with van der Waals surface area (Å²) >= 11 is 0. The number of hydrogen-bond acceptors (Lipinski definition) is 1. The first-order valence-corrected chi connectivity index (χ1v) is 7.38. The van der Waals surface area contributed by atoms with Crippen molar-refractivity contribution in [2.75, 3.05) is 0 Å². The number of hydrogen-bond donors (Lipinski definition) is 1. The summed E-state index contributed by atoms with van der Waals surface area (Å²) in [7, 11) is 0. The SMILES string of the molecule is O[C@@H](CCC1=CCCC=C1)CCC1CCCC1. The van der Waals surface area contributed by atoms with Crippen LogP contribution in [0.1, 0.15) is 64.2 Å². The van der Waals surface area contributed by atoms with Crippen LogP contribution in [0.5, 0.6) is 0 Å². The van der Waals surface area contributed by atoms with Gasteiger partial charge in [-0.05, 0) is 44.4 Å². The third-order valence-electron chi connectivity index (χ3n) is 4.22. The van der Waals surface area contributed by atoms with Gasteiger partial charge in [0.15, 0.2) is 0 Å². The van der Waals surface area contributed by atoms with Crippen LogP contribution in [-0.2, 0) is 0 Å². The van der Waals surface area contributed by atoms with Crippen molar-refractivity contribution in [3.63, 3.8) is 0 Å². The molecule has 1 heteroatoms. The van der Waals surface area contributed by atoms with E-state index >= 15 is 0 Å². The van der Waals surface area contributed by atoms with E-state index in [1.54, 1.807) is 0 Å². The van der Waals surface area contributed by atoms with Crippen molar-refractivity contribution in [2.24, 2.45) is 5.92 Å². The van der Waals surface area contributed by atoms with Crippen molar-refractivity contribution < 1.29 is 5.11 Å². The average molecular weight is 234 g/mol. The Morgan fingerprint density at radius 2 is 2.00 bits per heavy atom. The molecule has 0 aromatic heterocycles. The molecule has 2 aliphatic rings. The third kappa shape index (κ3) is 4.67. The first-order valence-electron chi connectivity index (χ1n) is 7.38. The molecule has 0 aliphatic heterocycles. The van der Waals surface area contributed by atoms with Gasteiger partial charge in [0.05, 0.1) is 6.10 Å². The molecule has 2 aliphatic carbocycles. The van der Waals surface area contributed by atoms with Crippen LogP contribution in [0.2, 0.25) is 0 Å². The number of aliphatic hydroxyl groups is 1. The van der Waals surface area contributed by atoms with Crippen molar-refractivity contribution in [1.82, 2.24) is 0 Å². The smallest absolute Gasteiger partial charge is 0.0543 e. The summed E-state index contributed by atoms with van der Waals surface area (Å²) < 4.78 is 0. The highest BCUT2D eigenvalue weighted by Crippen LogP contribution is 2.29. The van der Waals surface area contributed by atoms with E-state index in [0.29, 0.717) is 0 Å². The predicted octanol–water partition coefficient (Wildman–Crippen LogP) is 4.37. The molecule has 1 N–H and O–H groups in total. The van der Waals surface area contributed by atoms with Crippen LogP contribution >= 0.6 is 0 Å². The van der Waals surface area contributed by atoms with E-state index in [1.807, 2.05) is 0 Å². The first-order chi connectivity index (χ1) is 8.34. The van der Waals surface area contributed by atoms with Gasteiger partial charge in [-0.25, -0.2) is 0 Å². The second kappa shape index (κ2) is 7.00. The fourth-order valence-electron chi connectivity index (χ4n) is 3.06. The molecule has 1 fully saturated rings. The summed E-state index contributed by atoms with van der Waals surface area (Å²) in [6.07, 6.45) is 19.0. The fourth-order valence-corrected chi connectivity index (χ4v) is 3.06. The Balaban J connectivity index is 1.58. The largest absolute Gasteiger partial charge is 0.393 e. The first kappa shape index (κ1) is 12.9. The van der Waals surface area contributed by atoms with E-state index in [9.17, 15) is 5.11 Å². The van der Waals surface area contributed by atoms with E-state index < -0.39 is 0 Å². The molecule has 0 bridgehead atoms. The molecule has 2 rings (SSSR count). The summed E-state index contributed by atoms with van der Waals surface area (Å²) in [5, 5.41) is 9.99. The van der Waals surface area contributed by atoms with Gasteiger partial charge in [-0.1, -0.05) is 49.5 Å². The van der Waals surface area contributed by atoms with Crippen LogP contribution in [0.4, 0.5) is 0 Å². The molecule has 1 saturated carbocycles. The summed E-state index contributed by atoms with van der Waals surface area (Å²) in [5.74, 6) is 0.915. The summed E-state index contributed by atoms with van der Waals surface area (Å²) in [6, 6.07) is 0. The van der Waals surface area contributed by atoms with Crippen LogP contribution in [0.15, 0.2) is 23.8 Å². The zero-order chi connectivity index (χ0) is 11.9. The Bertz CT molecular complexity index is 271. The maximum atomic E-state index is 9.99. The number of aliphatic hydroxyl groups excluding tert-OH is 1. The molecule has 0 spiro atoms. The molecule has 0 saturated heterocycles. The minimum atomic E-state index is -0.0770. The van der Waals surface area contributed by atoms with Crippen molar-refractivity contribution in [3.8, 4) is 0 Å². The van der Waals surface area contributed by atoms with E-state index in [1.165, 1.54) is 50.5 Å². The molecular weight excluding hydrogens is 208 g/mol. The number of rotatable bonds is 6. The molecule has 0 aromatic rings. The van der Waals surface area contributed by atoms with Gasteiger partial charge in [0.2, 0.25) is 0 Å². The Morgan fingerprint density at radius 3 is 2.71 bits per heavy atom. The Kier molecular flexibility index (Phi) is 5.31. The highest BCUT2D eigenvalue weighted by Gasteiger charge is 2.16. The maximum Gasteiger partial charge on any atom is 0.0543 e.